The number of alkyl halides is 9. The summed E-state index contributed by atoms with van der Waals surface area (Å²) in [5.41, 5.74) is -5.47. The van der Waals surface area contributed by atoms with E-state index in [1.165, 1.54) is 22.6 Å². The van der Waals surface area contributed by atoms with Gasteiger partial charge in [-0.3, -0.25) is 0 Å². The van der Waals surface area contributed by atoms with Crippen LogP contribution in [0.15, 0.2) is 9.66 Å². The Kier molecular flexibility index (Phi) is 7.41. The minimum absolute atomic E-state index is 0.136. The molecule has 0 atom stereocenters. The van der Waals surface area contributed by atoms with Gasteiger partial charge in [0.05, 0.1) is 0 Å². The normalized spacial score (nSPS) is 25.4. The highest BCUT2D eigenvalue weighted by Gasteiger charge is 3.00. The van der Waals surface area contributed by atoms with E-state index in [4.69, 9.17) is 0 Å². The number of rotatable bonds is 9. The maximum Gasteiger partial charge on any atom is 0.382 e. The molecule has 1 aliphatic rings. The SMILES string of the molecule is CCCCCCCCCC(I)=CC1(F)C(F)(F)C(F)(F)C(F)(F)C1(F)F. The molecule has 0 saturated heterocycles. The van der Waals surface area contributed by atoms with Crippen molar-refractivity contribution in [2.75, 3.05) is 0 Å². The van der Waals surface area contributed by atoms with Crippen LogP contribution in [0.25, 0.3) is 0 Å². The Labute approximate surface area is 159 Å². The van der Waals surface area contributed by atoms with E-state index in [2.05, 4.69) is 0 Å². The first-order chi connectivity index (χ1) is 11.7. The molecule has 0 unspecified atom stereocenters. The fourth-order valence-electron chi connectivity index (χ4n) is 2.77. The summed E-state index contributed by atoms with van der Waals surface area (Å²) in [5, 5.41) is 0. The van der Waals surface area contributed by atoms with Crippen LogP contribution >= 0.6 is 22.6 Å². The summed E-state index contributed by atoms with van der Waals surface area (Å²) < 4.78 is 121. The lowest BCUT2D eigenvalue weighted by atomic mass is 9.95. The van der Waals surface area contributed by atoms with Gasteiger partial charge in [-0.2, -0.15) is 35.1 Å². The molecular weight excluding hydrogens is 490 g/mol. The van der Waals surface area contributed by atoms with Crippen molar-refractivity contribution in [1.29, 1.82) is 0 Å². The molecule has 0 aliphatic heterocycles. The minimum Gasteiger partial charge on any atom is -0.225 e. The van der Waals surface area contributed by atoms with Crippen molar-refractivity contribution in [3.8, 4) is 0 Å². The summed E-state index contributed by atoms with van der Waals surface area (Å²) in [6.07, 6.45) is 5.11. The Morgan fingerprint density at radius 3 is 1.46 bits per heavy atom. The van der Waals surface area contributed by atoms with Gasteiger partial charge in [-0.1, -0.05) is 45.4 Å². The predicted molar refractivity (Wildman–Crippen MR) is 88.3 cm³/mol. The Morgan fingerprint density at radius 1 is 0.654 bits per heavy atom. The molecule has 0 N–H and O–H groups in total. The van der Waals surface area contributed by atoms with Crippen LogP contribution in [-0.4, -0.2) is 29.4 Å². The fourth-order valence-corrected chi connectivity index (χ4v) is 3.58. The van der Waals surface area contributed by atoms with Gasteiger partial charge in [-0.15, -0.1) is 0 Å². The smallest absolute Gasteiger partial charge is 0.225 e. The molecule has 0 aromatic heterocycles. The van der Waals surface area contributed by atoms with Crippen LogP contribution in [0.1, 0.15) is 58.3 Å². The van der Waals surface area contributed by atoms with Gasteiger partial charge in [0.1, 0.15) is 0 Å². The summed E-state index contributed by atoms with van der Waals surface area (Å²) in [6, 6.07) is 0. The van der Waals surface area contributed by atoms with E-state index in [0.717, 1.165) is 32.1 Å². The van der Waals surface area contributed by atoms with Crippen LogP contribution in [0.4, 0.5) is 39.5 Å². The average molecular weight is 510 g/mol. The Morgan fingerprint density at radius 2 is 1.04 bits per heavy atom. The molecule has 26 heavy (non-hydrogen) atoms. The summed E-state index contributed by atoms with van der Waals surface area (Å²) >= 11 is 1.24. The third-order valence-electron chi connectivity index (χ3n) is 4.47. The van der Waals surface area contributed by atoms with E-state index in [0.29, 0.717) is 12.8 Å². The first kappa shape index (κ1) is 23.9. The van der Waals surface area contributed by atoms with Crippen LogP contribution in [0, 0.1) is 0 Å². The number of hydrogen-bond donors (Lipinski definition) is 0. The molecule has 154 valence electrons. The van der Waals surface area contributed by atoms with Crippen LogP contribution in [0.3, 0.4) is 0 Å². The highest BCUT2D eigenvalue weighted by molar-refractivity contribution is 14.1. The fraction of sp³-hybridized carbons (Fsp3) is 0.875. The van der Waals surface area contributed by atoms with Gasteiger partial charge in [0.15, 0.2) is 0 Å². The van der Waals surface area contributed by atoms with Crippen LogP contribution in [0.2, 0.25) is 0 Å². The largest absolute Gasteiger partial charge is 0.382 e. The molecule has 1 aliphatic carbocycles. The summed E-state index contributed by atoms with van der Waals surface area (Å²) in [7, 11) is 0. The van der Waals surface area contributed by atoms with Gasteiger partial charge in [0.25, 0.3) is 5.67 Å². The van der Waals surface area contributed by atoms with Gasteiger partial charge in [0.2, 0.25) is 0 Å². The standard InChI is InChI=1S/C16H20F9I/c1-2-3-4-5-6-7-8-9-11(26)10-12(17)13(18,19)15(22,23)16(24,25)14(12,20)21/h10H,2-9H2,1H3. The summed E-state index contributed by atoms with van der Waals surface area (Å²) in [4.78, 5) is 0. The van der Waals surface area contributed by atoms with Crippen LogP contribution in [-0.2, 0) is 0 Å². The second-order valence-corrected chi connectivity index (χ2v) is 7.86. The lowest BCUT2D eigenvalue weighted by Gasteiger charge is -2.28. The monoisotopic (exact) mass is 510 g/mol. The van der Waals surface area contributed by atoms with Gasteiger partial charge in [-0.25, -0.2) is 4.39 Å². The Balaban J connectivity index is 2.87. The van der Waals surface area contributed by atoms with Crippen molar-refractivity contribution < 1.29 is 39.5 Å². The molecule has 0 nitrogen and oxygen atoms in total. The highest BCUT2D eigenvalue weighted by Crippen LogP contribution is 2.69. The molecular formula is C16H20F9I. The zero-order chi connectivity index (χ0) is 20.4. The minimum atomic E-state index is -6.51. The molecule has 1 fully saturated rings. The third-order valence-corrected chi connectivity index (χ3v) is 5.32. The van der Waals surface area contributed by atoms with Crippen molar-refractivity contribution in [1.82, 2.24) is 0 Å². The second-order valence-electron chi connectivity index (χ2n) is 6.47. The average Bonchev–Trinajstić information content (AvgIpc) is 2.56. The lowest BCUT2D eigenvalue weighted by Crippen LogP contribution is -2.53. The van der Waals surface area contributed by atoms with E-state index in [1.54, 1.807) is 0 Å². The predicted octanol–water partition coefficient (Wildman–Crippen LogP) is 7.71. The molecule has 0 heterocycles. The zero-order valence-electron chi connectivity index (χ0n) is 14.0. The van der Waals surface area contributed by atoms with Gasteiger partial charge >= 0.3 is 23.7 Å². The van der Waals surface area contributed by atoms with Crippen molar-refractivity contribution in [2.45, 2.75) is 87.6 Å². The number of halogens is 10. The van der Waals surface area contributed by atoms with E-state index < -0.39 is 39.0 Å². The molecule has 0 aromatic rings. The lowest BCUT2D eigenvalue weighted by molar-refractivity contribution is -0.303. The van der Waals surface area contributed by atoms with E-state index in [9.17, 15) is 39.5 Å². The number of unbranched alkanes of at least 4 members (excludes halogenated alkanes) is 6. The van der Waals surface area contributed by atoms with E-state index in [1.807, 2.05) is 6.92 Å². The van der Waals surface area contributed by atoms with Crippen LogP contribution in [0.5, 0.6) is 0 Å². The van der Waals surface area contributed by atoms with Crippen molar-refractivity contribution in [3.05, 3.63) is 9.66 Å². The Bertz CT molecular complexity index is 488. The number of allylic oxidation sites excluding steroid dienone is 2. The summed E-state index contributed by atoms with van der Waals surface area (Å²) in [6.45, 7) is 2.03. The van der Waals surface area contributed by atoms with Crippen molar-refractivity contribution in [2.24, 2.45) is 0 Å². The van der Waals surface area contributed by atoms with Gasteiger partial charge in [0, 0.05) is 0 Å². The molecule has 0 radical (unpaired) electrons. The molecule has 0 spiro atoms. The molecule has 1 rings (SSSR count). The van der Waals surface area contributed by atoms with Crippen LogP contribution < -0.4 is 0 Å². The maximum absolute atomic E-state index is 14.3. The van der Waals surface area contributed by atoms with Gasteiger partial charge in [-0.05, 0) is 45.1 Å². The Hall–Kier alpha value is -0.160. The molecule has 0 aromatic carbocycles. The molecule has 0 amide bonds. The third kappa shape index (κ3) is 3.59. The first-order valence-corrected chi connectivity index (χ1v) is 9.36. The summed E-state index contributed by atoms with van der Waals surface area (Å²) in [5.74, 6) is -25.5. The van der Waals surface area contributed by atoms with E-state index >= 15 is 0 Å². The van der Waals surface area contributed by atoms with Crippen molar-refractivity contribution in [3.63, 3.8) is 0 Å². The van der Waals surface area contributed by atoms with E-state index in [-0.39, 0.29) is 6.42 Å². The highest BCUT2D eigenvalue weighted by atomic mass is 127. The second kappa shape index (κ2) is 8.06. The molecule has 1 saturated carbocycles. The maximum atomic E-state index is 14.3. The number of hydrogen-bond acceptors (Lipinski definition) is 0. The topological polar surface area (TPSA) is 0 Å². The molecule has 0 bridgehead atoms. The van der Waals surface area contributed by atoms with Crippen molar-refractivity contribution >= 4 is 22.6 Å². The first-order valence-electron chi connectivity index (χ1n) is 8.28. The quantitative estimate of drug-likeness (QED) is 0.169. The zero-order valence-corrected chi connectivity index (χ0v) is 16.2. The van der Waals surface area contributed by atoms with Gasteiger partial charge < -0.3 is 0 Å². The molecule has 10 heteroatoms.